The van der Waals surface area contributed by atoms with Gasteiger partial charge in [0, 0.05) is 5.69 Å². The van der Waals surface area contributed by atoms with Gasteiger partial charge in [0.1, 0.15) is 12.6 Å². The van der Waals surface area contributed by atoms with Crippen molar-refractivity contribution in [2.24, 2.45) is 5.14 Å². The van der Waals surface area contributed by atoms with Gasteiger partial charge in [0.2, 0.25) is 10.0 Å². The third-order valence-electron chi connectivity index (χ3n) is 3.35. The monoisotopic (exact) mass is 350 g/mol. The highest BCUT2D eigenvalue weighted by molar-refractivity contribution is 7.89. The Morgan fingerprint density at radius 1 is 1.17 bits per heavy atom. The van der Waals surface area contributed by atoms with Crippen LogP contribution in [0.4, 0.5) is 5.69 Å². The van der Waals surface area contributed by atoms with Crippen molar-refractivity contribution in [3.05, 3.63) is 60.2 Å². The van der Waals surface area contributed by atoms with E-state index in [0.717, 1.165) is 5.56 Å². The molecule has 0 radical (unpaired) electrons. The Labute approximate surface area is 140 Å². The number of rotatable bonds is 7. The number of aliphatic hydroxyl groups is 1. The second kappa shape index (κ2) is 8.02. The van der Waals surface area contributed by atoms with Gasteiger partial charge in [-0.1, -0.05) is 36.4 Å². The standard InChI is InChI=1S/C16H19N3O4S/c17-24(22,23)14-8-4-7-13(9-14)19-16(21)11-18-10-15(20)12-5-2-1-3-6-12/h1-9,15,18,20H,10-11H2,(H,19,21)(H2,17,22,23)/p+1/t15-/m0/s1. The molecule has 0 aliphatic carbocycles. The molecule has 0 spiro atoms. The van der Waals surface area contributed by atoms with Crippen LogP contribution in [0.1, 0.15) is 11.7 Å². The van der Waals surface area contributed by atoms with E-state index in [1.54, 1.807) is 11.4 Å². The smallest absolute Gasteiger partial charge is 0.279 e. The molecule has 2 aromatic rings. The van der Waals surface area contributed by atoms with Crippen LogP contribution in [0.25, 0.3) is 0 Å². The van der Waals surface area contributed by atoms with Gasteiger partial charge < -0.3 is 15.7 Å². The van der Waals surface area contributed by atoms with Gasteiger partial charge in [-0.15, -0.1) is 0 Å². The number of benzene rings is 2. The highest BCUT2D eigenvalue weighted by Gasteiger charge is 2.12. The summed E-state index contributed by atoms with van der Waals surface area (Å²) in [6.07, 6.45) is -0.662. The number of primary sulfonamides is 1. The number of carbonyl (C=O) groups excluding carboxylic acids is 1. The molecule has 8 heteroatoms. The molecule has 0 aliphatic heterocycles. The lowest BCUT2D eigenvalue weighted by atomic mass is 10.1. The van der Waals surface area contributed by atoms with Gasteiger partial charge in [-0.3, -0.25) is 4.79 Å². The van der Waals surface area contributed by atoms with Crippen LogP contribution < -0.4 is 15.8 Å². The van der Waals surface area contributed by atoms with E-state index in [0.29, 0.717) is 12.2 Å². The second-order valence-electron chi connectivity index (χ2n) is 5.28. The van der Waals surface area contributed by atoms with Gasteiger partial charge >= 0.3 is 0 Å². The van der Waals surface area contributed by atoms with Gasteiger partial charge in [0.15, 0.2) is 6.54 Å². The third-order valence-corrected chi connectivity index (χ3v) is 4.26. The lowest BCUT2D eigenvalue weighted by molar-refractivity contribution is -0.651. The van der Waals surface area contributed by atoms with Gasteiger partial charge in [-0.25, -0.2) is 13.6 Å². The van der Waals surface area contributed by atoms with E-state index in [1.165, 1.54) is 18.2 Å². The van der Waals surface area contributed by atoms with Crippen molar-refractivity contribution in [3.8, 4) is 0 Å². The lowest BCUT2D eigenvalue weighted by Crippen LogP contribution is -2.87. The Balaban J connectivity index is 1.84. The minimum absolute atomic E-state index is 0.0659. The quantitative estimate of drug-likeness (QED) is 0.540. The number of nitrogens with two attached hydrogens (primary N) is 2. The summed E-state index contributed by atoms with van der Waals surface area (Å²) in [6.45, 7) is 0.443. The lowest BCUT2D eigenvalue weighted by Gasteiger charge is -2.10. The maximum atomic E-state index is 11.9. The van der Waals surface area contributed by atoms with Crippen LogP contribution in [0.2, 0.25) is 0 Å². The van der Waals surface area contributed by atoms with Crippen LogP contribution in [-0.4, -0.2) is 32.5 Å². The van der Waals surface area contributed by atoms with Crippen LogP contribution in [0.5, 0.6) is 0 Å². The molecule has 0 fully saturated rings. The largest absolute Gasteiger partial charge is 0.382 e. The highest BCUT2D eigenvalue weighted by atomic mass is 32.2. The van der Waals surface area contributed by atoms with E-state index in [9.17, 15) is 18.3 Å². The van der Waals surface area contributed by atoms with E-state index in [2.05, 4.69) is 5.32 Å². The van der Waals surface area contributed by atoms with Crippen LogP contribution in [0, 0.1) is 0 Å². The Morgan fingerprint density at radius 3 is 2.54 bits per heavy atom. The fourth-order valence-corrected chi connectivity index (χ4v) is 2.71. The number of hydrogen-bond donors (Lipinski definition) is 4. The van der Waals surface area contributed by atoms with E-state index in [4.69, 9.17) is 5.14 Å². The zero-order valence-electron chi connectivity index (χ0n) is 12.9. The molecule has 128 valence electrons. The molecule has 1 amide bonds. The van der Waals surface area contributed by atoms with Crippen molar-refractivity contribution < 1.29 is 23.6 Å². The van der Waals surface area contributed by atoms with E-state index >= 15 is 0 Å². The Morgan fingerprint density at radius 2 is 1.88 bits per heavy atom. The molecule has 2 aromatic carbocycles. The summed E-state index contributed by atoms with van der Waals surface area (Å²) in [5.74, 6) is -0.304. The topological polar surface area (TPSA) is 126 Å². The summed E-state index contributed by atoms with van der Waals surface area (Å²) in [6, 6.07) is 14.9. The summed E-state index contributed by atoms with van der Waals surface area (Å²) in [5.41, 5.74) is 1.14. The van der Waals surface area contributed by atoms with E-state index < -0.39 is 16.1 Å². The van der Waals surface area contributed by atoms with Crippen molar-refractivity contribution >= 4 is 21.6 Å². The molecule has 2 rings (SSSR count). The maximum Gasteiger partial charge on any atom is 0.279 e. The van der Waals surface area contributed by atoms with Crippen molar-refractivity contribution in [1.29, 1.82) is 0 Å². The average Bonchev–Trinajstić information content (AvgIpc) is 2.55. The predicted octanol–water partition coefficient (Wildman–Crippen LogP) is -0.430. The number of amides is 1. The fourth-order valence-electron chi connectivity index (χ4n) is 2.15. The van der Waals surface area contributed by atoms with Crippen LogP contribution in [-0.2, 0) is 14.8 Å². The predicted molar refractivity (Wildman–Crippen MR) is 89.5 cm³/mol. The first-order valence-electron chi connectivity index (χ1n) is 7.33. The summed E-state index contributed by atoms with van der Waals surface area (Å²) in [7, 11) is -3.81. The molecule has 0 saturated carbocycles. The molecule has 1 atom stereocenters. The number of hydrogen-bond acceptors (Lipinski definition) is 4. The molecule has 0 heterocycles. The number of aliphatic hydroxyl groups excluding tert-OH is 1. The Hall–Kier alpha value is -2.26. The van der Waals surface area contributed by atoms with Gasteiger partial charge in [0.05, 0.1) is 4.90 Å². The Kier molecular flexibility index (Phi) is 6.04. The number of anilines is 1. The molecular formula is C16H20N3O4S+. The molecule has 0 aliphatic rings. The van der Waals surface area contributed by atoms with E-state index in [1.807, 2.05) is 30.3 Å². The summed E-state index contributed by atoms with van der Waals surface area (Å²) < 4.78 is 22.6. The Bertz CT molecular complexity index is 794. The fraction of sp³-hybridized carbons (Fsp3) is 0.188. The number of nitrogens with one attached hydrogen (secondary N) is 1. The molecule has 6 N–H and O–H groups in total. The van der Waals surface area contributed by atoms with Gasteiger partial charge in [-0.05, 0) is 23.8 Å². The summed E-state index contributed by atoms with van der Waals surface area (Å²) >= 11 is 0. The van der Waals surface area contributed by atoms with Crippen molar-refractivity contribution in [2.45, 2.75) is 11.0 Å². The first-order chi connectivity index (χ1) is 11.4. The third kappa shape index (κ3) is 5.43. The minimum atomic E-state index is -3.81. The van der Waals surface area contributed by atoms with Crippen molar-refractivity contribution in [3.63, 3.8) is 0 Å². The SMILES string of the molecule is NS(=O)(=O)c1cccc(NC(=O)C[NH2+]C[C@H](O)c2ccccc2)c1. The van der Waals surface area contributed by atoms with Crippen LogP contribution >= 0.6 is 0 Å². The average molecular weight is 350 g/mol. The number of quaternary nitrogens is 1. The first kappa shape index (κ1) is 18.1. The van der Waals surface area contributed by atoms with Gasteiger partial charge in [-0.2, -0.15) is 0 Å². The molecule has 0 aromatic heterocycles. The zero-order valence-corrected chi connectivity index (χ0v) is 13.7. The van der Waals surface area contributed by atoms with Crippen molar-refractivity contribution in [1.82, 2.24) is 0 Å². The first-order valence-corrected chi connectivity index (χ1v) is 8.88. The number of carbonyl (C=O) groups is 1. The normalized spacial score (nSPS) is 12.6. The zero-order chi connectivity index (χ0) is 17.6. The van der Waals surface area contributed by atoms with Crippen LogP contribution in [0.15, 0.2) is 59.5 Å². The minimum Gasteiger partial charge on any atom is -0.382 e. The summed E-state index contributed by atoms with van der Waals surface area (Å²) in [4.78, 5) is 11.8. The molecule has 0 bridgehead atoms. The molecule has 24 heavy (non-hydrogen) atoms. The van der Waals surface area contributed by atoms with Gasteiger partial charge in [0.25, 0.3) is 5.91 Å². The molecule has 0 unspecified atom stereocenters. The van der Waals surface area contributed by atoms with Crippen LogP contribution in [0.3, 0.4) is 0 Å². The summed E-state index contributed by atoms with van der Waals surface area (Å²) in [5, 5.41) is 19.3. The van der Waals surface area contributed by atoms with Crippen molar-refractivity contribution in [2.75, 3.05) is 18.4 Å². The number of sulfonamides is 1. The molecule has 7 nitrogen and oxygen atoms in total. The second-order valence-corrected chi connectivity index (χ2v) is 6.84. The molecule has 0 saturated heterocycles. The molecular weight excluding hydrogens is 330 g/mol. The van der Waals surface area contributed by atoms with E-state index in [-0.39, 0.29) is 17.3 Å². The maximum absolute atomic E-state index is 11.9. The highest BCUT2D eigenvalue weighted by Crippen LogP contribution is 2.13.